The van der Waals surface area contributed by atoms with Gasteiger partial charge in [-0.3, -0.25) is 4.79 Å². The van der Waals surface area contributed by atoms with Crippen molar-refractivity contribution in [1.82, 2.24) is 9.38 Å². The van der Waals surface area contributed by atoms with E-state index in [0.717, 1.165) is 39.2 Å². The van der Waals surface area contributed by atoms with E-state index < -0.39 is 0 Å². The number of aryl methyl sites for hydroxylation is 1. The Kier molecular flexibility index (Phi) is 3.97. The summed E-state index contributed by atoms with van der Waals surface area (Å²) in [7, 11) is 0. The van der Waals surface area contributed by atoms with Gasteiger partial charge in [-0.05, 0) is 67.7 Å². The smallest absolute Gasteiger partial charge is 0.274 e. The lowest BCUT2D eigenvalue weighted by Crippen LogP contribution is -2.29. The third-order valence-corrected chi connectivity index (χ3v) is 6.33. The minimum Gasteiger partial charge on any atom is -0.371 e. The van der Waals surface area contributed by atoms with Gasteiger partial charge < -0.3 is 4.90 Å². The molecule has 1 aliphatic heterocycles. The van der Waals surface area contributed by atoms with Crippen LogP contribution in [0.25, 0.3) is 22.1 Å². The van der Waals surface area contributed by atoms with Crippen molar-refractivity contribution in [3.8, 4) is 0 Å². The number of nitrogens with zero attached hydrogens (tertiary/aromatic N) is 3. The van der Waals surface area contributed by atoms with Gasteiger partial charge >= 0.3 is 0 Å². The Morgan fingerprint density at radius 3 is 2.70 bits per heavy atom. The van der Waals surface area contributed by atoms with Gasteiger partial charge in [0, 0.05) is 18.8 Å². The van der Waals surface area contributed by atoms with E-state index in [0.29, 0.717) is 0 Å². The summed E-state index contributed by atoms with van der Waals surface area (Å²) >= 11 is 1.46. The van der Waals surface area contributed by atoms with Crippen molar-refractivity contribution in [3.05, 3.63) is 68.5 Å². The number of hydrogen-bond donors (Lipinski definition) is 0. The Bertz CT molecular complexity index is 1250. The Morgan fingerprint density at radius 1 is 1.07 bits per heavy atom. The zero-order chi connectivity index (χ0) is 18.4. The van der Waals surface area contributed by atoms with E-state index in [-0.39, 0.29) is 5.56 Å². The largest absolute Gasteiger partial charge is 0.371 e. The average Bonchev–Trinajstić information content (AvgIpc) is 3.19. The van der Waals surface area contributed by atoms with Gasteiger partial charge in [0.05, 0.1) is 15.6 Å². The van der Waals surface area contributed by atoms with Crippen LogP contribution in [0.1, 0.15) is 30.4 Å². The highest BCUT2D eigenvalue weighted by Crippen LogP contribution is 2.25. The Morgan fingerprint density at radius 2 is 1.89 bits per heavy atom. The molecular formula is C22H21N3OS. The number of rotatable bonds is 2. The van der Waals surface area contributed by atoms with Crippen molar-refractivity contribution >= 4 is 39.1 Å². The summed E-state index contributed by atoms with van der Waals surface area (Å²) in [4.78, 5) is 20.7. The normalized spacial score (nSPS) is 15.9. The molecule has 1 saturated heterocycles. The Balaban J connectivity index is 1.57. The lowest BCUT2D eigenvalue weighted by atomic mass is 10.1. The lowest BCUT2D eigenvalue weighted by Gasteiger charge is -2.30. The van der Waals surface area contributed by atoms with Crippen molar-refractivity contribution < 1.29 is 0 Å². The highest BCUT2D eigenvalue weighted by atomic mass is 32.1. The standard InChI is InChI=1S/C22H21N3OS/c1-15-13-16(9-10-18(15)24-11-5-2-6-12-24)14-20-21(26)25-19-8-4-3-7-17(19)23-22(25)27-20/h3-4,7-10,13-14H,2,5-6,11-12H2,1H3. The highest BCUT2D eigenvalue weighted by Gasteiger charge is 2.13. The van der Waals surface area contributed by atoms with Gasteiger partial charge in [0.1, 0.15) is 0 Å². The molecule has 0 N–H and O–H groups in total. The fraction of sp³-hybridized carbons (Fsp3) is 0.273. The van der Waals surface area contributed by atoms with Crippen LogP contribution in [0, 0.1) is 6.92 Å². The Hall–Kier alpha value is -2.66. The molecule has 0 spiro atoms. The monoisotopic (exact) mass is 375 g/mol. The molecule has 1 fully saturated rings. The number of imidazole rings is 1. The topological polar surface area (TPSA) is 37.6 Å². The van der Waals surface area contributed by atoms with Crippen LogP contribution in [0.4, 0.5) is 5.69 Å². The molecule has 4 nitrogen and oxygen atoms in total. The molecule has 2 aromatic carbocycles. The van der Waals surface area contributed by atoms with Gasteiger partial charge in [0.25, 0.3) is 5.56 Å². The van der Waals surface area contributed by atoms with Crippen LogP contribution in [-0.4, -0.2) is 22.5 Å². The summed E-state index contributed by atoms with van der Waals surface area (Å²) in [5, 5.41) is 0. The summed E-state index contributed by atoms with van der Waals surface area (Å²) in [5.41, 5.74) is 5.42. The summed E-state index contributed by atoms with van der Waals surface area (Å²) < 4.78 is 2.45. The molecule has 4 aromatic rings. The highest BCUT2D eigenvalue weighted by molar-refractivity contribution is 7.15. The fourth-order valence-electron chi connectivity index (χ4n) is 4.02. The summed E-state index contributed by atoms with van der Waals surface area (Å²) in [6.45, 7) is 4.45. The lowest BCUT2D eigenvalue weighted by molar-refractivity contribution is 0.577. The fourth-order valence-corrected chi connectivity index (χ4v) is 5.01. The van der Waals surface area contributed by atoms with Gasteiger partial charge in [0.2, 0.25) is 0 Å². The molecule has 136 valence electrons. The maximum Gasteiger partial charge on any atom is 0.274 e. The molecule has 0 saturated carbocycles. The minimum atomic E-state index is 0.0152. The quantitative estimate of drug-likeness (QED) is 0.535. The van der Waals surface area contributed by atoms with Crippen molar-refractivity contribution in [3.63, 3.8) is 0 Å². The number of benzene rings is 2. The van der Waals surface area contributed by atoms with Crippen molar-refractivity contribution in [2.75, 3.05) is 18.0 Å². The van der Waals surface area contributed by atoms with Crippen LogP contribution >= 0.6 is 11.3 Å². The predicted octanol–water partition coefficient (Wildman–Crippen LogP) is 3.76. The van der Waals surface area contributed by atoms with Crippen LogP contribution in [0.5, 0.6) is 0 Å². The number of thiazole rings is 1. The third kappa shape index (κ3) is 2.82. The first kappa shape index (κ1) is 16.5. The van der Waals surface area contributed by atoms with E-state index >= 15 is 0 Å². The molecule has 0 amide bonds. The van der Waals surface area contributed by atoms with E-state index in [1.807, 2.05) is 30.3 Å². The number of para-hydroxylation sites is 2. The number of hydrogen-bond acceptors (Lipinski definition) is 4. The molecule has 2 aromatic heterocycles. The zero-order valence-electron chi connectivity index (χ0n) is 15.3. The first-order valence-electron chi connectivity index (χ1n) is 9.48. The van der Waals surface area contributed by atoms with Crippen LogP contribution in [0.2, 0.25) is 0 Å². The van der Waals surface area contributed by atoms with Crippen molar-refractivity contribution in [2.45, 2.75) is 26.2 Å². The maximum absolute atomic E-state index is 12.9. The number of aromatic nitrogens is 2. The van der Waals surface area contributed by atoms with Gasteiger partial charge in [-0.2, -0.15) is 0 Å². The second kappa shape index (κ2) is 6.50. The summed E-state index contributed by atoms with van der Waals surface area (Å²) in [6.07, 6.45) is 5.87. The van der Waals surface area contributed by atoms with E-state index in [4.69, 9.17) is 0 Å². The molecule has 5 heteroatoms. The van der Waals surface area contributed by atoms with Crippen LogP contribution < -0.4 is 15.0 Å². The summed E-state index contributed by atoms with van der Waals surface area (Å²) in [6, 6.07) is 14.3. The summed E-state index contributed by atoms with van der Waals surface area (Å²) in [5.74, 6) is 0. The van der Waals surface area contributed by atoms with Gasteiger partial charge in [-0.15, -0.1) is 0 Å². The van der Waals surface area contributed by atoms with Gasteiger partial charge in [-0.1, -0.05) is 29.5 Å². The van der Waals surface area contributed by atoms with E-state index in [1.54, 1.807) is 4.40 Å². The minimum absolute atomic E-state index is 0.0152. The number of anilines is 1. The molecule has 0 atom stereocenters. The first-order chi connectivity index (χ1) is 13.2. The Labute approximate surface area is 161 Å². The first-order valence-corrected chi connectivity index (χ1v) is 10.3. The van der Waals surface area contributed by atoms with E-state index in [9.17, 15) is 4.79 Å². The maximum atomic E-state index is 12.9. The van der Waals surface area contributed by atoms with Crippen molar-refractivity contribution in [1.29, 1.82) is 0 Å². The van der Waals surface area contributed by atoms with Crippen LogP contribution in [0.15, 0.2) is 47.3 Å². The van der Waals surface area contributed by atoms with E-state index in [1.165, 1.54) is 41.9 Å². The molecule has 5 rings (SSSR count). The second-order valence-electron chi connectivity index (χ2n) is 7.23. The molecule has 0 aliphatic carbocycles. The molecule has 27 heavy (non-hydrogen) atoms. The third-order valence-electron chi connectivity index (χ3n) is 5.36. The van der Waals surface area contributed by atoms with Crippen molar-refractivity contribution in [2.24, 2.45) is 0 Å². The molecule has 0 bridgehead atoms. The second-order valence-corrected chi connectivity index (χ2v) is 8.24. The predicted molar refractivity (Wildman–Crippen MR) is 113 cm³/mol. The van der Waals surface area contributed by atoms with Crippen LogP contribution in [-0.2, 0) is 0 Å². The van der Waals surface area contributed by atoms with Crippen LogP contribution in [0.3, 0.4) is 0 Å². The van der Waals surface area contributed by atoms with Gasteiger partial charge in [-0.25, -0.2) is 9.38 Å². The number of fused-ring (bicyclic) bond motifs is 3. The molecular weight excluding hydrogens is 354 g/mol. The molecule has 0 radical (unpaired) electrons. The SMILES string of the molecule is Cc1cc(C=c2sc3nc4ccccc4n3c2=O)ccc1N1CCCCC1. The van der Waals surface area contributed by atoms with E-state index in [2.05, 4.69) is 35.0 Å². The number of piperidine rings is 1. The van der Waals surface area contributed by atoms with Gasteiger partial charge in [0.15, 0.2) is 4.96 Å². The molecule has 0 unspecified atom stereocenters. The zero-order valence-corrected chi connectivity index (χ0v) is 16.1. The molecule has 1 aliphatic rings. The average molecular weight is 375 g/mol. The molecule has 3 heterocycles.